The Hall–Kier alpha value is -4.08. The Bertz CT molecular complexity index is 1320. The zero-order valence-electron chi connectivity index (χ0n) is 19.2. The number of hydrogen-bond donors (Lipinski definition) is 1. The van der Waals surface area contributed by atoms with E-state index in [1.54, 1.807) is 38.6 Å². The summed E-state index contributed by atoms with van der Waals surface area (Å²) in [6.07, 6.45) is 9.70. The number of hydrogen-bond acceptors (Lipinski definition) is 9. The molecule has 3 heterocycles. The number of anilines is 1. The Morgan fingerprint density at radius 2 is 1.79 bits per heavy atom. The maximum atomic E-state index is 12.1. The third-order valence-electron chi connectivity index (χ3n) is 6.59. The predicted molar refractivity (Wildman–Crippen MR) is 123 cm³/mol. The average Bonchev–Trinajstić information content (AvgIpc) is 3.49. The number of methoxy groups -OCH3 is 1. The van der Waals surface area contributed by atoms with Crippen molar-refractivity contribution in [2.45, 2.75) is 44.1 Å². The maximum absolute atomic E-state index is 12.1. The van der Waals surface area contributed by atoms with Crippen molar-refractivity contribution in [1.82, 2.24) is 29.9 Å². The van der Waals surface area contributed by atoms with E-state index in [2.05, 4.69) is 32.4 Å². The molecule has 0 saturated heterocycles. The molecule has 0 unspecified atom stereocenters. The fraction of sp³-hybridized carbons (Fsp3) is 0.333. The Balaban J connectivity index is 1.42. The van der Waals surface area contributed by atoms with E-state index in [4.69, 9.17) is 20.0 Å². The lowest BCUT2D eigenvalue weighted by Crippen LogP contribution is -2.37. The quantitative estimate of drug-likeness (QED) is 0.431. The molecule has 10 heteroatoms. The third kappa shape index (κ3) is 3.51. The number of nitrogens with two attached hydrogens (primary N) is 1. The van der Waals surface area contributed by atoms with Crippen LogP contribution >= 0.6 is 0 Å². The molecule has 1 aromatic carbocycles. The molecular formula is C24H25N7O3. The van der Waals surface area contributed by atoms with Gasteiger partial charge in [-0.2, -0.15) is 10.1 Å². The minimum atomic E-state index is -0.956. The van der Waals surface area contributed by atoms with Crippen LogP contribution in [0.5, 0.6) is 0 Å². The summed E-state index contributed by atoms with van der Waals surface area (Å²) in [4.78, 5) is 25.0. The van der Waals surface area contributed by atoms with Crippen LogP contribution in [-0.2, 0) is 20.5 Å². The lowest BCUT2D eigenvalue weighted by Gasteiger charge is -2.39. The Kier molecular flexibility index (Phi) is 5.15. The van der Waals surface area contributed by atoms with E-state index in [1.165, 1.54) is 11.8 Å². The number of ether oxygens (including phenoxy) is 1. The molecule has 10 nitrogen and oxygen atoms in total. The summed E-state index contributed by atoms with van der Waals surface area (Å²) in [5, 5.41) is 8.64. The average molecular weight is 460 g/mol. The van der Waals surface area contributed by atoms with E-state index in [-0.39, 0.29) is 11.4 Å². The van der Waals surface area contributed by atoms with Gasteiger partial charge in [0.1, 0.15) is 0 Å². The highest BCUT2D eigenvalue weighted by atomic mass is 16.5. The van der Waals surface area contributed by atoms with E-state index >= 15 is 0 Å². The SMILES string of the molecule is COC(=O)C(C)(C)n1cc(-c2nc(C3(c4ccc(-c5cnc(N)nc5)cc4)CCC3)no2)cn1. The van der Waals surface area contributed by atoms with Crippen LogP contribution in [0.25, 0.3) is 22.6 Å². The van der Waals surface area contributed by atoms with Crippen molar-refractivity contribution >= 4 is 11.9 Å². The molecule has 34 heavy (non-hydrogen) atoms. The molecule has 174 valence electrons. The summed E-state index contributed by atoms with van der Waals surface area (Å²) in [7, 11) is 1.35. The Morgan fingerprint density at radius 3 is 2.41 bits per heavy atom. The number of benzene rings is 1. The van der Waals surface area contributed by atoms with E-state index in [9.17, 15) is 4.79 Å². The molecule has 1 aliphatic rings. The van der Waals surface area contributed by atoms with Crippen LogP contribution in [-0.4, -0.2) is 43.0 Å². The van der Waals surface area contributed by atoms with E-state index in [0.717, 1.165) is 36.0 Å². The molecule has 4 aromatic rings. The maximum Gasteiger partial charge on any atom is 0.333 e. The number of rotatable bonds is 6. The normalized spacial score (nSPS) is 15.0. The van der Waals surface area contributed by atoms with Crippen LogP contribution < -0.4 is 5.73 Å². The predicted octanol–water partition coefficient (Wildman–Crippen LogP) is 3.35. The Labute approximate surface area is 196 Å². The largest absolute Gasteiger partial charge is 0.467 e. The van der Waals surface area contributed by atoms with Crippen LogP contribution in [0.3, 0.4) is 0 Å². The van der Waals surface area contributed by atoms with Gasteiger partial charge in [-0.25, -0.2) is 14.8 Å². The standard InChI is InChI=1S/C24H25N7O3/c1-23(2,21(32)33-3)31-14-17(13-28-31)19-29-20(30-34-19)24(9-4-10-24)18-7-5-15(6-8-18)16-11-26-22(25)27-12-16/h5-8,11-14H,4,9-10H2,1-3H3,(H2,25,26,27). The van der Waals surface area contributed by atoms with Gasteiger partial charge < -0.3 is 15.0 Å². The number of carbonyl (C=O) groups is 1. The third-order valence-corrected chi connectivity index (χ3v) is 6.59. The van der Waals surface area contributed by atoms with Crippen molar-refractivity contribution in [3.63, 3.8) is 0 Å². The van der Waals surface area contributed by atoms with Gasteiger partial charge in [-0.05, 0) is 37.8 Å². The van der Waals surface area contributed by atoms with Gasteiger partial charge in [0.25, 0.3) is 5.89 Å². The second-order valence-corrected chi connectivity index (χ2v) is 8.99. The molecule has 0 amide bonds. The van der Waals surface area contributed by atoms with Crippen LogP contribution in [0.4, 0.5) is 5.95 Å². The lowest BCUT2D eigenvalue weighted by molar-refractivity contribution is -0.150. The highest BCUT2D eigenvalue weighted by molar-refractivity contribution is 5.77. The van der Waals surface area contributed by atoms with Crippen LogP contribution in [0.15, 0.2) is 53.6 Å². The zero-order chi connectivity index (χ0) is 23.9. The summed E-state index contributed by atoms with van der Waals surface area (Å²) in [6, 6.07) is 8.28. The minimum absolute atomic E-state index is 0.251. The molecule has 2 N–H and O–H groups in total. The van der Waals surface area contributed by atoms with Gasteiger partial charge in [0.15, 0.2) is 11.4 Å². The smallest absolute Gasteiger partial charge is 0.333 e. The summed E-state index contributed by atoms with van der Waals surface area (Å²) in [6.45, 7) is 3.47. The van der Waals surface area contributed by atoms with Crippen LogP contribution in [0.2, 0.25) is 0 Å². The molecule has 1 aliphatic carbocycles. The topological polar surface area (TPSA) is 135 Å². The molecule has 1 fully saturated rings. The second-order valence-electron chi connectivity index (χ2n) is 8.99. The second kappa shape index (κ2) is 8.05. The number of esters is 1. The number of nitrogen functional groups attached to an aromatic ring is 1. The zero-order valence-corrected chi connectivity index (χ0v) is 19.2. The molecular weight excluding hydrogens is 434 g/mol. The molecule has 0 spiro atoms. The summed E-state index contributed by atoms with van der Waals surface area (Å²) in [5.74, 6) is 0.873. The van der Waals surface area contributed by atoms with Gasteiger partial charge in [-0.3, -0.25) is 4.68 Å². The van der Waals surface area contributed by atoms with Gasteiger partial charge in [0.2, 0.25) is 5.95 Å². The van der Waals surface area contributed by atoms with Gasteiger partial charge in [0.05, 0.1) is 24.3 Å². The van der Waals surface area contributed by atoms with Crippen molar-refractivity contribution in [3.8, 4) is 22.6 Å². The number of nitrogens with zero attached hydrogens (tertiary/aromatic N) is 6. The molecule has 3 aromatic heterocycles. The monoisotopic (exact) mass is 459 g/mol. The van der Waals surface area contributed by atoms with Crippen molar-refractivity contribution in [2.75, 3.05) is 12.8 Å². The fourth-order valence-electron chi connectivity index (χ4n) is 4.26. The van der Waals surface area contributed by atoms with Gasteiger partial charge >= 0.3 is 5.97 Å². The van der Waals surface area contributed by atoms with Crippen molar-refractivity contribution < 1.29 is 14.1 Å². The summed E-state index contributed by atoms with van der Waals surface area (Å²) < 4.78 is 12.0. The van der Waals surface area contributed by atoms with Gasteiger partial charge in [0, 0.05) is 24.2 Å². The van der Waals surface area contributed by atoms with E-state index in [1.807, 2.05) is 12.1 Å². The number of aromatic nitrogens is 6. The molecule has 1 saturated carbocycles. The Morgan fingerprint density at radius 1 is 1.09 bits per heavy atom. The van der Waals surface area contributed by atoms with E-state index in [0.29, 0.717) is 17.3 Å². The first kappa shape index (κ1) is 21.7. The van der Waals surface area contributed by atoms with Crippen molar-refractivity contribution in [3.05, 3.63) is 60.4 Å². The summed E-state index contributed by atoms with van der Waals surface area (Å²) >= 11 is 0. The summed E-state index contributed by atoms with van der Waals surface area (Å²) in [5.41, 5.74) is 8.03. The lowest BCUT2D eigenvalue weighted by atomic mass is 9.64. The first-order valence-electron chi connectivity index (χ1n) is 11.0. The van der Waals surface area contributed by atoms with Gasteiger partial charge in [-0.1, -0.05) is 35.8 Å². The molecule has 0 atom stereocenters. The highest BCUT2D eigenvalue weighted by Gasteiger charge is 2.44. The van der Waals surface area contributed by atoms with Crippen LogP contribution in [0, 0.1) is 0 Å². The molecule has 0 bridgehead atoms. The van der Waals surface area contributed by atoms with Crippen molar-refractivity contribution in [2.24, 2.45) is 0 Å². The molecule has 0 radical (unpaired) electrons. The van der Waals surface area contributed by atoms with Crippen molar-refractivity contribution in [1.29, 1.82) is 0 Å². The molecule has 0 aliphatic heterocycles. The first-order valence-corrected chi connectivity index (χ1v) is 11.0. The minimum Gasteiger partial charge on any atom is -0.467 e. The van der Waals surface area contributed by atoms with Crippen LogP contribution in [0.1, 0.15) is 44.5 Å². The van der Waals surface area contributed by atoms with Gasteiger partial charge in [-0.15, -0.1) is 0 Å². The highest BCUT2D eigenvalue weighted by Crippen LogP contribution is 2.48. The van der Waals surface area contributed by atoms with E-state index < -0.39 is 11.5 Å². The molecule has 5 rings (SSSR count). The number of carbonyl (C=O) groups excluding carboxylic acids is 1. The first-order chi connectivity index (χ1) is 16.3. The fourth-order valence-corrected chi connectivity index (χ4v) is 4.26.